The second-order valence-corrected chi connectivity index (χ2v) is 9.56. The summed E-state index contributed by atoms with van der Waals surface area (Å²) in [6.07, 6.45) is 3.07. The van der Waals surface area contributed by atoms with Gasteiger partial charge in [-0.05, 0) is 70.4 Å². The van der Waals surface area contributed by atoms with E-state index in [1.807, 2.05) is 45.0 Å². The number of aromatic nitrogens is 1. The molecule has 0 unspecified atom stereocenters. The number of rotatable bonds is 5. The second-order valence-electron chi connectivity index (χ2n) is 9.17. The van der Waals surface area contributed by atoms with E-state index in [9.17, 15) is 14.7 Å². The van der Waals surface area contributed by atoms with E-state index in [0.29, 0.717) is 41.2 Å². The first-order chi connectivity index (χ1) is 14.1. The van der Waals surface area contributed by atoms with E-state index in [-0.39, 0.29) is 5.91 Å². The Labute approximate surface area is 182 Å². The second kappa shape index (κ2) is 9.21. The van der Waals surface area contributed by atoms with Gasteiger partial charge in [0.25, 0.3) is 5.91 Å². The SMILES string of the molecule is CC(C)(C)N(C[C@H]1CC[C@H](CNC(=O)c2cc(Cl)nc3ccccc23)CC1)C(=O)O. The summed E-state index contributed by atoms with van der Waals surface area (Å²) in [6.45, 7) is 6.97. The van der Waals surface area contributed by atoms with Crippen LogP contribution in [-0.4, -0.2) is 45.6 Å². The van der Waals surface area contributed by atoms with Crippen molar-refractivity contribution in [1.29, 1.82) is 0 Å². The molecule has 2 amide bonds. The van der Waals surface area contributed by atoms with Crippen LogP contribution >= 0.6 is 11.6 Å². The summed E-state index contributed by atoms with van der Waals surface area (Å²) >= 11 is 6.09. The molecule has 30 heavy (non-hydrogen) atoms. The number of halogens is 1. The Hall–Kier alpha value is -2.34. The number of fused-ring (bicyclic) bond motifs is 1. The molecule has 0 saturated heterocycles. The van der Waals surface area contributed by atoms with Crippen molar-refractivity contribution in [2.24, 2.45) is 11.8 Å². The molecule has 7 heteroatoms. The molecule has 162 valence electrons. The first-order valence-corrected chi connectivity index (χ1v) is 10.9. The van der Waals surface area contributed by atoms with Gasteiger partial charge in [0.05, 0.1) is 11.1 Å². The highest BCUT2D eigenvalue weighted by molar-refractivity contribution is 6.30. The maximum atomic E-state index is 12.8. The summed E-state index contributed by atoms with van der Waals surface area (Å²) < 4.78 is 0. The van der Waals surface area contributed by atoms with Crippen molar-refractivity contribution in [3.63, 3.8) is 0 Å². The molecule has 1 fully saturated rings. The number of carbonyl (C=O) groups excluding carboxylic acids is 1. The fourth-order valence-corrected chi connectivity index (χ4v) is 4.38. The molecule has 0 bridgehead atoms. The number of carbonyl (C=O) groups is 2. The van der Waals surface area contributed by atoms with Crippen LogP contribution in [0.4, 0.5) is 4.79 Å². The number of pyridine rings is 1. The van der Waals surface area contributed by atoms with Crippen molar-refractivity contribution in [1.82, 2.24) is 15.2 Å². The first kappa shape index (κ1) is 22.3. The van der Waals surface area contributed by atoms with Gasteiger partial charge in [-0.1, -0.05) is 29.8 Å². The lowest BCUT2D eigenvalue weighted by Crippen LogP contribution is -2.47. The monoisotopic (exact) mass is 431 g/mol. The van der Waals surface area contributed by atoms with E-state index in [4.69, 9.17) is 11.6 Å². The molecule has 0 atom stereocenters. The number of nitrogens with zero attached hydrogens (tertiary/aromatic N) is 2. The van der Waals surface area contributed by atoms with Gasteiger partial charge in [-0.2, -0.15) is 0 Å². The van der Waals surface area contributed by atoms with Crippen molar-refractivity contribution >= 4 is 34.5 Å². The van der Waals surface area contributed by atoms with Crippen LogP contribution < -0.4 is 5.32 Å². The largest absolute Gasteiger partial charge is 0.465 e. The third-order valence-electron chi connectivity index (χ3n) is 5.93. The van der Waals surface area contributed by atoms with Crippen LogP contribution in [0, 0.1) is 11.8 Å². The maximum Gasteiger partial charge on any atom is 0.407 e. The molecule has 1 aromatic carbocycles. The average Bonchev–Trinajstić information content (AvgIpc) is 2.69. The van der Waals surface area contributed by atoms with Crippen molar-refractivity contribution in [3.05, 3.63) is 41.0 Å². The third kappa shape index (κ3) is 5.42. The summed E-state index contributed by atoms with van der Waals surface area (Å²) in [5.74, 6) is 0.638. The summed E-state index contributed by atoms with van der Waals surface area (Å²) in [7, 11) is 0. The van der Waals surface area contributed by atoms with E-state index in [0.717, 1.165) is 31.1 Å². The Morgan fingerprint density at radius 2 is 1.80 bits per heavy atom. The average molecular weight is 432 g/mol. The molecular formula is C23H30ClN3O3. The van der Waals surface area contributed by atoms with E-state index in [1.165, 1.54) is 4.90 Å². The topological polar surface area (TPSA) is 82.5 Å². The van der Waals surface area contributed by atoms with Crippen LogP contribution in [0.3, 0.4) is 0 Å². The Morgan fingerprint density at radius 3 is 2.43 bits per heavy atom. The van der Waals surface area contributed by atoms with Crippen molar-refractivity contribution in [2.75, 3.05) is 13.1 Å². The highest BCUT2D eigenvalue weighted by Crippen LogP contribution is 2.31. The molecule has 2 aromatic rings. The lowest BCUT2D eigenvalue weighted by molar-refractivity contribution is 0.0786. The predicted octanol–water partition coefficient (Wildman–Crippen LogP) is 5.20. The lowest BCUT2D eigenvalue weighted by atomic mass is 9.81. The minimum absolute atomic E-state index is 0.137. The molecule has 0 aliphatic heterocycles. The number of carboxylic acid groups (broad SMARTS) is 1. The van der Waals surface area contributed by atoms with Gasteiger partial charge in [-0.15, -0.1) is 0 Å². The van der Waals surface area contributed by atoms with Gasteiger partial charge < -0.3 is 15.3 Å². The van der Waals surface area contributed by atoms with Gasteiger partial charge >= 0.3 is 6.09 Å². The predicted molar refractivity (Wildman–Crippen MR) is 119 cm³/mol. The molecule has 0 spiro atoms. The summed E-state index contributed by atoms with van der Waals surface area (Å²) in [4.78, 5) is 30.2. The third-order valence-corrected chi connectivity index (χ3v) is 6.12. The number of amides is 2. The van der Waals surface area contributed by atoms with Crippen LogP contribution in [0.5, 0.6) is 0 Å². The minimum Gasteiger partial charge on any atom is -0.465 e. The van der Waals surface area contributed by atoms with Crippen LogP contribution in [0.2, 0.25) is 5.15 Å². The van der Waals surface area contributed by atoms with E-state index in [1.54, 1.807) is 6.07 Å². The molecule has 3 rings (SSSR count). The zero-order chi connectivity index (χ0) is 21.9. The molecule has 1 aromatic heterocycles. The zero-order valence-corrected chi connectivity index (χ0v) is 18.6. The number of hydrogen-bond acceptors (Lipinski definition) is 3. The van der Waals surface area contributed by atoms with Gasteiger partial charge in [0, 0.05) is 24.0 Å². The lowest BCUT2D eigenvalue weighted by Gasteiger charge is -2.38. The quantitative estimate of drug-likeness (QED) is 0.637. The van der Waals surface area contributed by atoms with Gasteiger partial charge in [-0.3, -0.25) is 4.79 Å². The van der Waals surface area contributed by atoms with Gasteiger partial charge in [0.15, 0.2) is 0 Å². The Kier molecular flexibility index (Phi) is 6.86. The van der Waals surface area contributed by atoms with Gasteiger partial charge in [0.2, 0.25) is 0 Å². The number of para-hydroxylation sites is 1. The molecule has 6 nitrogen and oxygen atoms in total. The molecule has 1 aliphatic carbocycles. The molecule has 1 heterocycles. The number of nitrogens with one attached hydrogen (secondary N) is 1. The normalized spacial score (nSPS) is 19.5. The van der Waals surface area contributed by atoms with Crippen molar-refractivity contribution in [2.45, 2.75) is 52.0 Å². The highest BCUT2D eigenvalue weighted by Gasteiger charge is 2.31. The fourth-order valence-electron chi connectivity index (χ4n) is 4.18. The van der Waals surface area contributed by atoms with E-state index >= 15 is 0 Å². The maximum absolute atomic E-state index is 12.8. The molecule has 1 aliphatic rings. The van der Waals surface area contributed by atoms with Crippen LogP contribution in [0.1, 0.15) is 56.8 Å². The molecule has 2 N–H and O–H groups in total. The summed E-state index contributed by atoms with van der Waals surface area (Å²) in [6, 6.07) is 9.09. The molecule has 0 radical (unpaired) electrons. The van der Waals surface area contributed by atoms with E-state index < -0.39 is 11.6 Å². The number of benzene rings is 1. The van der Waals surface area contributed by atoms with Crippen molar-refractivity contribution < 1.29 is 14.7 Å². The number of hydrogen-bond donors (Lipinski definition) is 2. The van der Waals surface area contributed by atoms with Gasteiger partial charge in [0.1, 0.15) is 5.15 Å². The first-order valence-electron chi connectivity index (χ1n) is 10.5. The molecular weight excluding hydrogens is 402 g/mol. The standard InChI is InChI=1S/C23H30ClN3O3/c1-23(2,3)27(22(29)30)14-16-10-8-15(9-11-16)13-25-21(28)18-12-20(24)26-19-7-5-4-6-17(18)19/h4-7,12,15-16H,8-11,13-14H2,1-3H3,(H,25,28)(H,29,30)/t15-,16-. The Morgan fingerprint density at radius 1 is 1.17 bits per heavy atom. The van der Waals surface area contributed by atoms with Crippen LogP contribution in [-0.2, 0) is 0 Å². The molecule has 1 saturated carbocycles. The summed E-state index contributed by atoms with van der Waals surface area (Å²) in [5, 5.41) is 13.7. The van der Waals surface area contributed by atoms with Crippen LogP contribution in [0.15, 0.2) is 30.3 Å². The fraction of sp³-hybridized carbons (Fsp3) is 0.522. The van der Waals surface area contributed by atoms with Gasteiger partial charge in [-0.25, -0.2) is 9.78 Å². The minimum atomic E-state index is -0.861. The van der Waals surface area contributed by atoms with Crippen molar-refractivity contribution in [3.8, 4) is 0 Å². The smallest absolute Gasteiger partial charge is 0.407 e. The van der Waals surface area contributed by atoms with E-state index in [2.05, 4.69) is 10.3 Å². The zero-order valence-electron chi connectivity index (χ0n) is 17.8. The summed E-state index contributed by atoms with van der Waals surface area (Å²) in [5.41, 5.74) is 0.852. The highest BCUT2D eigenvalue weighted by atomic mass is 35.5. The Bertz CT molecular complexity index is 918. The Balaban J connectivity index is 1.54. The van der Waals surface area contributed by atoms with Crippen LogP contribution in [0.25, 0.3) is 10.9 Å².